The zero-order valence-electron chi connectivity index (χ0n) is 15.5. The normalized spacial score (nSPS) is 26.8. The molecular weight excluding hydrogens is 342 g/mol. The van der Waals surface area contributed by atoms with Gasteiger partial charge in [0.1, 0.15) is 6.61 Å². The number of aliphatic hydroxyl groups is 1. The Morgan fingerprint density at radius 3 is 2.81 bits per heavy atom. The van der Waals surface area contributed by atoms with E-state index < -0.39 is 5.60 Å². The molecule has 2 aromatic rings. The maximum Gasteiger partial charge on any atom is 0.262 e. The molecule has 1 aromatic carbocycles. The van der Waals surface area contributed by atoms with Crippen molar-refractivity contribution in [2.75, 3.05) is 0 Å². The number of ketones is 1. The van der Waals surface area contributed by atoms with Crippen LogP contribution in [0, 0.1) is 11.8 Å². The summed E-state index contributed by atoms with van der Waals surface area (Å²) in [5.74, 6) is 0.281. The summed E-state index contributed by atoms with van der Waals surface area (Å²) in [6, 6.07) is 9.72. The monoisotopic (exact) mass is 365 g/mol. The molecule has 1 N–H and O–H groups in total. The Bertz CT molecular complexity index is 912. The molecule has 2 aliphatic carbocycles. The van der Waals surface area contributed by atoms with Gasteiger partial charge in [-0.15, -0.1) is 0 Å². The van der Waals surface area contributed by atoms with Gasteiger partial charge in [-0.2, -0.15) is 0 Å². The van der Waals surface area contributed by atoms with E-state index in [-0.39, 0.29) is 29.4 Å². The first-order valence-electron chi connectivity index (χ1n) is 9.24. The van der Waals surface area contributed by atoms with E-state index in [2.05, 4.69) is 25.6 Å². The van der Waals surface area contributed by atoms with Crippen LogP contribution in [0.5, 0.6) is 5.88 Å². The smallest absolute Gasteiger partial charge is 0.262 e. The Hall–Kier alpha value is -2.66. The van der Waals surface area contributed by atoms with Crippen LogP contribution in [0.2, 0.25) is 0 Å². The van der Waals surface area contributed by atoms with Gasteiger partial charge in [0.25, 0.3) is 5.88 Å². The van der Waals surface area contributed by atoms with Gasteiger partial charge in [-0.1, -0.05) is 56.8 Å². The zero-order valence-corrected chi connectivity index (χ0v) is 15.5. The summed E-state index contributed by atoms with van der Waals surface area (Å²) in [5.41, 5.74) is 0.196. The van der Waals surface area contributed by atoms with Crippen LogP contribution in [-0.2, 0) is 11.4 Å². The first-order chi connectivity index (χ1) is 12.9. The van der Waals surface area contributed by atoms with Crippen molar-refractivity contribution in [3.63, 3.8) is 0 Å². The van der Waals surface area contributed by atoms with Gasteiger partial charge in [0.05, 0.1) is 5.56 Å². The summed E-state index contributed by atoms with van der Waals surface area (Å²) in [5, 5.41) is 15.5. The molecule has 1 aromatic heterocycles. The molecule has 5 nitrogen and oxygen atoms in total. The zero-order chi connectivity index (χ0) is 19.2. The van der Waals surface area contributed by atoms with E-state index in [0.717, 1.165) is 5.56 Å². The molecule has 0 fully saturated rings. The minimum atomic E-state index is -1.65. The van der Waals surface area contributed by atoms with Crippen molar-refractivity contribution in [2.45, 2.75) is 38.4 Å². The number of carbonyl (C=O) groups is 1. The topological polar surface area (TPSA) is 72.6 Å². The van der Waals surface area contributed by atoms with E-state index in [0.29, 0.717) is 29.9 Å². The Morgan fingerprint density at radius 1 is 1.37 bits per heavy atom. The first kappa shape index (κ1) is 17.7. The molecule has 0 saturated carbocycles. The van der Waals surface area contributed by atoms with Gasteiger partial charge in [-0.25, -0.2) is 0 Å². The van der Waals surface area contributed by atoms with E-state index in [4.69, 9.17) is 9.26 Å². The van der Waals surface area contributed by atoms with Crippen LogP contribution in [0.25, 0.3) is 5.57 Å². The molecule has 0 spiro atoms. The molecule has 0 bridgehead atoms. The fraction of sp³-hybridized carbons (Fsp3) is 0.364. The van der Waals surface area contributed by atoms with Crippen LogP contribution in [0.15, 0.2) is 53.6 Å². The molecular formula is C22H23NO4. The van der Waals surface area contributed by atoms with E-state index in [9.17, 15) is 9.90 Å². The van der Waals surface area contributed by atoms with Crippen molar-refractivity contribution >= 4 is 11.4 Å². The van der Waals surface area contributed by atoms with Crippen molar-refractivity contribution < 1.29 is 19.2 Å². The van der Waals surface area contributed by atoms with Crippen molar-refractivity contribution in [1.82, 2.24) is 5.16 Å². The highest BCUT2D eigenvalue weighted by Crippen LogP contribution is 2.55. The van der Waals surface area contributed by atoms with Gasteiger partial charge in [-0.3, -0.25) is 4.79 Å². The molecule has 0 amide bonds. The van der Waals surface area contributed by atoms with E-state index in [1.807, 2.05) is 36.4 Å². The molecule has 0 radical (unpaired) electrons. The summed E-state index contributed by atoms with van der Waals surface area (Å²) in [6.45, 7) is 8.48. The summed E-state index contributed by atoms with van der Waals surface area (Å²) in [4.78, 5) is 12.7. The summed E-state index contributed by atoms with van der Waals surface area (Å²) < 4.78 is 11.5. The van der Waals surface area contributed by atoms with E-state index in [1.165, 1.54) is 6.08 Å². The third kappa shape index (κ3) is 2.65. The van der Waals surface area contributed by atoms with Crippen molar-refractivity contribution in [3.05, 3.63) is 65.9 Å². The van der Waals surface area contributed by atoms with Crippen LogP contribution < -0.4 is 4.74 Å². The molecule has 3 atom stereocenters. The lowest BCUT2D eigenvalue weighted by Crippen LogP contribution is -2.53. The minimum Gasteiger partial charge on any atom is -0.470 e. The second-order valence-electron chi connectivity index (χ2n) is 7.62. The van der Waals surface area contributed by atoms with Crippen LogP contribution in [-0.4, -0.2) is 21.6 Å². The summed E-state index contributed by atoms with van der Waals surface area (Å²) in [7, 11) is 0. The van der Waals surface area contributed by atoms with Crippen LogP contribution in [0.3, 0.4) is 0 Å². The van der Waals surface area contributed by atoms with Crippen LogP contribution >= 0.6 is 0 Å². The molecule has 0 aliphatic heterocycles. The SMILES string of the molecule is C=C1c2c(OCc3ccccc3)noc2C(C(C)C)C2CC=CC(=O)C12O. The van der Waals surface area contributed by atoms with Gasteiger partial charge in [0.2, 0.25) is 0 Å². The maximum atomic E-state index is 12.7. The van der Waals surface area contributed by atoms with Crippen LogP contribution in [0.4, 0.5) is 0 Å². The average Bonchev–Trinajstić information content (AvgIpc) is 3.07. The molecule has 140 valence electrons. The van der Waals surface area contributed by atoms with Gasteiger partial charge in [0, 0.05) is 17.4 Å². The average molecular weight is 365 g/mol. The number of benzene rings is 1. The largest absolute Gasteiger partial charge is 0.470 e. The Kier molecular flexibility index (Phi) is 4.27. The highest BCUT2D eigenvalue weighted by molar-refractivity contribution is 6.09. The van der Waals surface area contributed by atoms with E-state index in [1.54, 1.807) is 0 Å². The second-order valence-corrected chi connectivity index (χ2v) is 7.62. The predicted octanol–water partition coefficient (Wildman–Crippen LogP) is 3.90. The van der Waals surface area contributed by atoms with Crippen molar-refractivity contribution in [3.8, 4) is 5.88 Å². The third-order valence-corrected chi connectivity index (χ3v) is 5.69. The lowest BCUT2D eigenvalue weighted by molar-refractivity contribution is -0.134. The fourth-order valence-electron chi connectivity index (χ4n) is 4.34. The lowest BCUT2D eigenvalue weighted by Gasteiger charge is -2.45. The molecule has 4 rings (SSSR count). The van der Waals surface area contributed by atoms with Crippen molar-refractivity contribution in [2.24, 2.45) is 11.8 Å². The number of ether oxygens (including phenoxy) is 1. The van der Waals surface area contributed by atoms with Crippen molar-refractivity contribution in [1.29, 1.82) is 0 Å². The van der Waals surface area contributed by atoms with Gasteiger partial charge >= 0.3 is 0 Å². The Labute approximate surface area is 158 Å². The fourth-order valence-corrected chi connectivity index (χ4v) is 4.34. The Balaban J connectivity index is 1.75. The molecule has 5 heteroatoms. The maximum absolute atomic E-state index is 12.7. The number of nitrogens with zero attached hydrogens (tertiary/aromatic N) is 1. The number of allylic oxidation sites excluding steroid dienone is 1. The third-order valence-electron chi connectivity index (χ3n) is 5.69. The number of aromatic nitrogens is 1. The highest BCUT2D eigenvalue weighted by Gasteiger charge is 2.57. The number of rotatable bonds is 4. The summed E-state index contributed by atoms with van der Waals surface area (Å²) >= 11 is 0. The van der Waals surface area contributed by atoms with Gasteiger partial charge < -0.3 is 14.4 Å². The Morgan fingerprint density at radius 2 is 2.11 bits per heavy atom. The molecule has 27 heavy (non-hydrogen) atoms. The molecule has 3 unspecified atom stereocenters. The number of hydrogen-bond acceptors (Lipinski definition) is 5. The number of carbonyl (C=O) groups excluding carboxylic acids is 1. The molecule has 0 saturated heterocycles. The van der Waals surface area contributed by atoms with Crippen LogP contribution in [0.1, 0.15) is 43.1 Å². The standard InChI is InChI=1S/C22H23NO4/c1-13(2)18-16-10-7-11-17(24)22(16,25)14(3)19-20(18)27-23-21(19)26-12-15-8-5-4-6-9-15/h4-9,11,13,16,18,25H,3,10,12H2,1-2H3. The second kappa shape index (κ2) is 6.50. The van der Waals surface area contributed by atoms with Gasteiger partial charge in [-0.05, 0) is 29.1 Å². The minimum absolute atomic E-state index is 0.147. The van der Waals surface area contributed by atoms with E-state index >= 15 is 0 Å². The quantitative estimate of drug-likeness (QED) is 0.890. The lowest BCUT2D eigenvalue weighted by atomic mass is 9.59. The highest BCUT2D eigenvalue weighted by atomic mass is 16.5. The molecule has 1 heterocycles. The van der Waals surface area contributed by atoms with Gasteiger partial charge in [0.15, 0.2) is 17.1 Å². The summed E-state index contributed by atoms with van der Waals surface area (Å²) in [6.07, 6.45) is 3.85. The molecule has 2 aliphatic rings. The first-order valence-corrected chi connectivity index (χ1v) is 9.24. The number of fused-ring (bicyclic) bond motifs is 2. The number of hydrogen-bond donors (Lipinski definition) is 1. The predicted molar refractivity (Wildman–Crippen MR) is 101 cm³/mol.